The number of nitrogen functional groups attached to an aromatic ring is 1. The normalized spacial score (nSPS) is 17.6. The first kappa shape index (κ1) is 13.5. The second-order valence-corrected chi connectivity index (χ2v) is 6.38. The number of anilines is 2. The molecule has 1 amide bonds. The van der Waals surface area contributed by atoms with Gasteiger partial charge in [-0.15, -0.1) is 11.3 Å². The molecule has 1 unspecified atom stereocenters. The molecular formula is C15H15ClN2OS. The number of thiophene rings is 1. The van der Waals surface area contributed by atoms with E-state index in [2.05, 4.69) is 16.8 Å². The molecule has 104 valence electrons. The lowest BCUT2D eigenvalue weighted by molar-refractivity contribution is -0.117. The van der Waals surface area contributed by atoms with Gasteiger partial charge in [0.15, 0.2) is 0 Å². The number of nitrogens with one attached hydrogen (secondary N) is 1. The van der Waals surface area contributed by atoms with Crippen molar-refractivity contribution in [1.82, 2.24) is 0 Å². The van der Waals surface area contributed by atoms with Crippen LogP contribution < -0.4 is 11.1 Å². The van der Waals surface area contributed by atoms with Crippen LogP contribution in [0.25, 0.3) is 0 Å². The molecule has 1 atom stereocenters. The molecule has 0 radical (unpaired) electrons. The van der Waals surface area contributed by atoms with E-state index in [1.165, 1.54) is 10.4 Å². The molecule has 20 heavy (non-hydrogen) atoms. The second-order valence-electron chi connectivity index (χ2n) is 4.97. The van der Waals surface area contributed by atoms with Gasteiger partial charge in [-0.3, -0.25) is 4.79 Å². The quantitative estimate of drug-likeness (QED) is 0.823. The van der Waals surface area contributed by atoms with E-state index in [0.29, 0.717) is 16.4 Å². The van der Waals surface area contributed by atoms with Crippen molar-refractivity contribution in [3.05, 3.63) is 45.1 Å². The van der Waals surface area contributed by atoms with Gasteiger partial charge in [0.1, 0.15) is 0 Å². The maximum absolute atomic E-state index is 12.4. The maximum atomic E-state index is 12.4. The zero-order chi connectivity index (χ0) is 14.1. The summed E-state index contributed by atoms with van der Waals surface area (Å²) in [7, 11) is 0. The van der Waals surface area contributed by atoms with Crippen molar-refractivity contribution in [2.75, 3.05) is 11.1 Å². The summed E-state index contributed by atoms with van der Waals surface area (Å²) in [4.78, 5) is 13.8. The van der Waals surface area contributed by atoms with Crippen molar-refractivity contribution in [3.63, 3.8) is 0 Å². The Morgan fingerprint density at radius 3 is 3.05 bits per heavy atom. The van der Waals surface area contributed by atoms with Crippen molar-refractivity contribution in [3.8, 4) is 0 Å². The first-order valence-electron chi connectivity index (χ1n) is 6.57. The summed E-state index contributed by atoms with van der Waals surface area (Å²) < 4.78 is 0. The van der Waals surface area contributed by atoms with E-state index in [4.69, 9.17) is 17.3 Å². The number of halogens is 1. The van der Waals surface area contributed by atoms with Gasteiger partial charge in [0, 0.05) is 10.6 Å². The number of nitrogens with two attached hydrogens (primary N) is 1. The standard InChI is InChI=1S/C15H15ClN2OS/c16-12-5-4-9(8-13(12)17)18-15(19)11-2-1-3-14-10(11)6-7-20-14/h4-8,11H,1-3,17H2,(H,18,19). The fourth-order valence-corrected chi connectivity index (χ4v) is 3.71. The predicted octanol–water partition coefficient (Wildman–Crippen LogP) is 4.04. The van der Waals surface area contributed by atoms with Crippen molar-refractivity contribution >= 4 is 40.2 Å². The molecule has 3 nitrogen and oxygen atoms in total. The molecule has 1 aliphatic rings. The fourth-order valence-electron chi connectivity index (χ4n) is 2.61. The van der Waals surface area contributed by atoms with Crippen LogP contribution in [0, 0.1) is 0 Å². The van der Waals surface area contributed by atoms with Crippen molar-refractivity contribution < 1.29 is 4.79 Å². The summed E-state index contributed by atoms with van der Waals surface area (Å²) in [5.74, 6) is -0.0204. The first-order valence-corrected chi connectivity index (χ1v) is 7.83. The van der Waals surface area contributed by atoms with E-state index in [1.54, 1.807) is 29.5 Å². The molecule has 0 aliphatic heterocycles. The number of hydrogen-bond donors (Lipinski definition) is 2. The number of rotatable bonds is 2. The van der Waals surface area contributed by atoms with Crippen molar-refractivity contribution in [2.24, 2.45) is 0 Å². The van der Waals surface area contributed by atoms with E-state index >= 15 is 0 Å². The minimum absolute atomic E-state index is 0.0334. The zero-order valence-electron chi connectivity index (χ0n) is 10.9. The predicted molar refractivity (Wildman–Crippen MR) is 84.5 cm³/mol. The Hall–Kier alpha value is -1.52. The number of hydrogen-bond acceptors (Lipinski definition) is 3. The van der Waals surface area contributed by atoms with E-state index in [1.807, 2.05) is 0 Å². The maximum Gasteiger partial charge on any atom is 0.231 e. The summed E-state index contributed by atoms with van der Waals surface area (Å²) in [5.41, 5.74) is 8.10. The highest BCUT2D eigenvalue weighted by atomic mass is 35.5. The summed E-state index contributed by atoms with van der Waals surface area (Å²) in [5, 5.41) is 5.50. The molecule has 5 heteroatoms. The van der Waals surface area contributed by atoms with E-state index < -0.39 is 0 Å². The Bertz CT molecular complexity index is 653. The Balaban J connectivity index is 1.79. The van der Waals surface area contributed by atoms with Crippen LogP contribution in [0.15, 0.2) is 29.6 Å². The molecule has 2 aromatic rings. The highest BCUT2D eigenvalue weighted by molar-refractivity contribution is 7.10. The topological polar surface area (TPSA) is 55.1 Å². The molecule has 0 spiro atoms. The summed E-state index contributed by atoms with van der Waals surface area (Å²) in [6, 6.07) is 7.23. The van der Waals surface area contributed by atoms with Crippen molar-refractivity contribution in [1.29, 1.82) is 0 Å². The highest BCUT2D eigenvalue weighted by Gasteiger charge is 2.27. The lowest BCUT2D eigenvalue weighted by atomic mass is 9.87. The third-order valence-corrected chi connectivity index (χ3v) is 4.97. The average molecular weight is 307 g/mol. The van der Waals surface area contributed by atoms with Crippen LogP contribution in [0.4, 0.5) is 11.4 Å². The van der Waals surface area contributed by atoms with Gasteiger partial charge in [-0.1, -0.05) is 11.6 Å². The molecule has 1 aromatic heterocycles. The van der Waals surface area contributed by atoms with Gasteiger partial charge in [-0.2, -0.15) is 0 Å². The Labute approximate surface area is 126 Å². The van der Waals surface area contributed by atoms with Crippen LogP contribution >= 0.6 is 22.9 Å². The van der Waals surface area contributed by atoms with Crippen LogP contribution in [-0.4, -0.2) is 5.91 Å². The van der Waals surface area contributed by atoms with Gasteiger partial charge in [0.25, 0.3) is 0 Å². The number of amides is 1. The van der Waals surface area contributed by atoms with Gasteiger partial charge < -0.3 is 11.1 Å². The summed E-state index contributed by atoms with van der Waals surface area (Å²) >= 11 is 7.62. The molecule has 0 saturated heterocycles. The number of benzene rings is 1. The monoisotopic (exact) mass is 306 g/mol. The van der Waals surface area contributed by atoms with Crippen LogP contribution in [0.2, 0.25) is 5.02 Å². The van der Waals surface area contributed by atoms with Crippen molar-refractivity contribution in [2.45, 2.75) is 25.2 Å². The highest BCUT2D eigenvalue weighted by Crippen LogP contribution is 2.35. The molecular weight excluding hydrogens is 292 g/mol. The molecule has 0 bridgehead atoms. The third kappa shape index (κ3) is 2.53. The Morgan fingerprint density at radius 1 is 1.40 bits per heavy atom. The zero-order valence-corrected chi connectivity index (χ0v) is 12.4. The number of carbonyl (C=O) groups excluding carboxylic acids is 1. The minimum atomic E-state index is -0.0538. The lowest BCUT2D eigenvalue weighted by Gasteiger charge is -2.22. The van der Waals surface area contributed by atoms with Crippen LogP contribution in [-0.2, 0) is 11.2 Å². The van der Waals surface area contributed by atoms with Gasteiger partial charge in [-0.25, -0.2) is 0 Å². The molecule has 1 aromatic carbocycles. The summed E-state index contributed by atoms with van der Waals surface area (Å²) in [6.07, 6.45) is 3.05. The fraction of sp³-hybridized carbons (Fsp3) is 0.267. The first-order chi connectivity index (χ1) is 9.65. The lowest BCUT2D eigenvalue weighted by Crippen LogP contribution is -2.23. The third-order valence-electron chi connectivity index (χ3n) is 3.63. The molecule has 3 rings (SSSR count). The largest absolute Gasteiger partial charge is 0.397 e. The van der Waals surface area contributed by atoms with E-state index in [-0.39, 0.29) is 11.8 Å². The van der Waals surface area contributed by atoms with Gasteiger partial charge >= 0.3 is 0 Å². The van der Waals surface area contributed by atoms with E-state index in [0.717, 1.165) is 19.3 Å². The number of carbonyl (C=O) groups is 1. The smallest absolute Gasteiger partial charge is 0.231 e. The van der Waals surface area contributed by atoms with Crippen LogP contribution in [0.1, 0.15) is 29.2 Å². The van der Waals surface area contributed by atoms with E-state index in [9.17, 15) is 4.79 Å². The van der Waals surface area contributed by atoms with Gasteiger partial charge in [0.2, 0.25) is 5.91 Å². The average Bonchev–Trinajstić information content (AvgIpc) is 2.91. The van der Waals surface area contributed by atoms with Gasteiger partial charge in [0.05, 0.1) is 16.6 Å². The minimum Gasteiger partial charge on any atom is -0.397 e. The van der Waals surface area contributed by atoms with Crippen LogP contribution in [0.5, 0.6) is 0 Å². The molecule has 3 N–H and O–H groups in total. The molecule has 0 fully saturated rings. The molecule has 0 saturated carbocycles. The number of fused-ring (bicyclic) bond motifs is 1. The summed E-state index contributed by atoms with van der Waals surface area (Å²) in [6.45, 7) is 0. The number of aryl methyl sites for hydroxylation is 1. The molecule has 1 aliphatic carbocycles. The SMILES string of the molecule is Nc1cc(NC(=O)C2CCCc3sccc32)ccc1Cl. The second kappa shape index (κ2) is 5.46. The Morgan fingerprint density at radius 2 is 2.25 bits per heavy atom. The van der Waals surface area contributed by atoms with Crippen LogP contribution in [0.3, 0.4) is 0 Å². The van der Waals surface area contributed by atoms with Gasteiger partial charge in [-0.05, 0) is 54.5 Å². The molecule has 1 heterocycles. The Kier molecular flexibility index (Phi) is 3.68.